The van der Waals surface area contributed by atoms with Crippen LogP contribution in [-0.2, 0) is 13.0 Å². The molecular formula is C15H14BrFN2O. The van der Waals surface area contributed by atoms with E-state index in [9.17, 15) is 9.18 Å². The third-order valence-electron chi connectivity index (χ3n) is 3.64. The molecule has 0 radical (unpaired) electrons. The standard InChI is InChI=1S/C15H14BrFN2O/c1-9-6-10(2-3-12(9)17)15(20)19-5-4-13-11(8-19)7-14(16)18-13/h2-3,6-7,18H,4-5,8H2,1H3. The van der Waals surface area contributed by atoms with Crippen LogP contribution in [0.2, 0.25) is 0 Å². The lowest BCUT2D eigenvalue weighted by molar-refractivity contribution is 0.0734. The number of amides is 1. The molecule has 0 saturated carbocycles. The van der Waals surface area contributed by atoms with E-state index in [1.807, 2.05) is 6.07 Å². The zero-order valence-electron chi connectivity index (χ0n) is 11.0. The molecule has 2 heterocycles. The Morgan fingerprint density at radius 1 is 1.40 bits per heavy atom. The summed E-state index contributed by atoms with van der Waals surface area (Å²) in [5.74, 6) is -0.326. The number of benzene rings is 1. The van der Waals surface area contributed by atoms with E-state index in [1.54, 1.807) is 24.0 Å². The van der Waals surface area contributed by atoms with Crippen molar-refractivity contribution in [3.05, 3.63) is 57.1 Å². The summed E-state index contributed by atoms with van der Waals surface area (Å²) in [6.07, 6.45) is 0.812. The largest absolute Gasteiger partial charge is 0.353 e. The first kappa shape index (κ1) is 13.4. The van der Waals surface area contributed by atoms with Gasteiger partial charge in [0.1, 0.15) is 5.82 Å². The second-order valence-electron chi connectivity index (χ2n) is 5.06. The van der Waals surface area contributed by atoms with Gasteiger partial charge < -0.3 is 9.88 Å². The predicted octanol–water partition coefficient (Wildman–Crippen LogP) is 3.42. The van der Waals surface area contributed by atoms with Gasteiger partial charge in [0.25, 0.3) is 5.91 Å². The fraction of sp³-hybridized carbons (Fsp3) is 0.267. The maximum atomic E-state index is 13.3. The molecule has 1 aliphatic heterocycles. The van der Waals surface area contributed by atoms with Crippen molar-refractivity contribution in [2.75, 3.05) is 6.54 Å². The highest BCUT2D eigenvalue weighted by atomic mass is 79.9. The topological polar surface area (TPSA) is 36.1 Å². The molecule has 0 unspecified atom stereocenters. The van der Waals surface area contributed by atoms with E-state index in [4.69, 9.17) is 0 Å². The van der Waals surface area contributed by atoms with E-state index in [1.165, 1.54) is 11.8 Å². The quantitative estimate of drug-likeness (QED) is 0.850. The average molecular weight is 337 g/mol. The molecule has 1 aromatic heterocycles. The smallest absolute Gasteiger partial charge is 0.254 e. The summed E-state index contributed by atoms with van der Waals surface area (Å²) in [6.45, 7) is 2.94. The van der Waals surface area contributed by atoms with Gasteiger partial charge in [-0.25, -0.2) is 4.39 Å². The Morgan fingerprint density at radius 3 is 2.95 bits per heavy atom. The Hall–Kier alpha value is -1.62. The van der Waals surface area contributed by atoms with Gasteiger partial charge in [-0.2, -0.15) is 0 Å². The lowest BCUT2D eigenvalue weighted by Gasteiger charge is -2.27. The van der Waals surface area contributed by atoms with Crippen LogP contribution in [0.15, 0.2) is 28.9 Å². The number of rotatable bonds is 1. The SMILES string of the molecule is Cc1cc(C(=O)N2CCc3[nH]c(Br)cc3C2)ccc1F. The molecule has 0 spiro atoms. The lowest BCUT2D eigenvalue weighted by Crippen LogP contribution is -2.35. The fourth-order valence-electron chi connectivity index (χ4n) is 2.53. The van der Waals surface area contributed by atoms with Crippen LogP contribution in [0.1, 0.15) is 27.2 Å². The molecule has 1 amide bonds. The Balaban J connectivity index is 1.83. The first-order valence-electron chi connectivity index (χ1n) is 6.46. The van der Waals surface area contributed by atoms with Crippen LogP contribution in [0.4, 0.5) is 4.39 Å². The number of carbonyl (C=O) groups excluding carboxylic acids is 1. The van der Waals surface area contributed by atoms with Crippen molar-refractivity contribution in [1.29, 1.82) is 0 Å². The molecule has 1 N–H and O–H groups in total. The maximum absolute atomic E-state index is 13.3. The van der Waals surface area contributed by atoms with Crippen LogP contribution in [-0.4, -0.2) is 22.3 Å². The van der Waals surface area contributed by atoms with E-state index in [-0.39, 0.29) is 11.7 Å². The predicted molar refractivity (Wildman–Crippen MR) is 78.1 cm³/mol. The summed E-state index contributed by atoms with van der Waals surface area (Å²) >= 11 is 3.41. The molecule has 0 bridgehead atoms. The second kappa shape index (κ2) is 5.05. The van der Waals surface area contributed by atoms with Crippen molar-refractivity contribution in [3.8, 4) is 0 Å². The third kappa shape index (κ3) is 2.38. The third-order valence-corrected chi connectivity index (χ3v) is 4.07. The number of fused-ring (bicyclic) bond motifs is 1. The minimum atomic E-state index is -0.281. The number of aromatic nitrogens is 1. The first-order valence-corrected chi connectivity index (χ1v) is 7.25. The van der Waals surface area contributed by atoms with E-state index in [2.05, 4.69) is 20.9 Å². The van der Waals surface area contributed by atoms with Crippen molar-refractivity contribution in [2.24, 2.45) is 0 Å². The maximum Gasteiger partial charge on any atom is 0.254 e. The Labute approximate surface area is 124 Å². The van der Waals surface area contributed by atoms with Gasteiger partial charge in [0.2, 0.25) is 0 Å². The molecule has 0 fully saturated rings. The molecule has 0 aliphatic carbocycles. The van der Waals surface area contributed by atoms with Gasteiger partial charge in [-0.05, 0) is 58.2 Å². The van der Waals surface area contributed by atoms with Gasteiger partial charge in [0.15, 0.2) is 0 Å². The minimum Gasteiger partial charge on any atom is -0.353 e. The number of nitrogens with one attached hydrogen (secondary N) is 1. The van der Waals surface area contributed by atoms with Gasteiger partial charge >= 0.3 is 0 Å². The number of aryl methyl sites for hydroxylation is 1. The minimum absolute atomic E-state index is 0.0453. The summed E-state index contributed by atoms with van der Waals surface area (Å²) in [4.78, 5) is 17.5. The van der Waals surface area contributed by atoms with Gasteiger partial charge in [0, 0.05) is 30.8 Å². The van der Waals surface area contributed by atoms with Crippen LogP contribution >= 0.6 is 15.9 Å². The summed E-state index contributed by atoms with van der Waals surface area (Å²) in [6, 6.07) is 6.52. The van der Waals surface area contributed by atoms with Crippen molar-refractivity contribution in [1.82, 2.24) is 9.88 Å². The van der Waals surface area contributed by atoms with Crippen LogP contribution in [0.3, 0.4) is 0 Å². The first-order chi connectivity index (χ1) is 9.54. The van der Waals surface area contributed by atoms with Crippen LogP contribution < -0.4 is 0 Å². The van der Waals surface area contributed by atoms with E-state index in [0.29, 0.717) is 24.2 Å². The number of hydrogen-bond acceptors (Lipinski definition) is 1. The highest BCUT2D eigenvalue weighted by molar-refractivity contribution is 9.10. The lowest BCUT2D eigenvalue weighted by atomic mass is 10.1. The number of nitrogens with zero attached hydrogens (tertiary/aromatic N) is 1. The molecule has 20 heavy (non-hydrogen) atoms. The molecule has 1 aliphatic rings. The molecular weight excluding hydrogens is 323 g/mol. The summed E-state index contributed by atoms with van der Waals surface area (Å²) in [5.41, 5.74) is 3.35. The van der Waals surface area contributed by atoms with Crippen LogP contribution in [0.25, 0.3) is 0 Å². The van der Waals surface area contributed by atoms with Crippen LogP contribution in [0, 0.1) is 12.7 Å². The van der Waals surface area contributed by atoms with Gasteiger partial charge in [-0.1, -0.05) is 0 Å². The Bertz CT molecular complexity index is 681. The van der Waals surface area contributed by atoms with Crippen molar-refractivity contribution >= 4 is 21.8 Å². The highest BCUT2D eigenvalue weighted by Gasteiger charge is 2.23. The van der Waals surface area contributed by atoms with Crippen molar-refractivity contribution < 1.29 is 9.18 Å². The molecule has 104 valence electrons. The number of halogens is 2. The summed E-state index contributed by atoms with van der Waals surface area (Å²) < 4.78 is 14.2. The summed E-state index contributed by atoms with van der Waals surface area (Å²) in [7, 11) is 0. The zero-order chi connectivity index (χ0) is 14.3. The molecule has 0 atom stereocenters. The van der Waals surface area contributed by atoms with Crippen molar-refractivity contribution in [3.63, 3.8) is 0 Å². The van der Waals surface area contributed by atoms with E-state index < -0.39 is 0 Å². The van der Waals surface area contributed by atoms with Gasteiger partial charge in [-0.3, -0.25) is 4.79 Å². The number of aromatic amines is 1. The monoisotopic (exact) mass is 336 g/mol. The molecule has 1 aromatic carbocycles. The van der Waals surface area contributed by atoms with Gasteiger partial charge in [0.05, 0.1) is 4.60 Å². The normalized spacial score (nSPS) is 14.2. The summed E-state index contributed by atoms with van der Waals surface area (Å²) in [5, 5.41) is 0. The highest BCUT2D eigenvalue weighted by Crippen LogP contribution is 2.24. The molecule has 5 heteroatoms. The van der Waals surface area contributed by atoms with Crippen molar-refractivity contribution in [2.45, 2.75) is 19.9 Å². The molecule has 3 nitrogen and oxygen atoms in total. The number of H-pyrrole nitrogens is 1. The van der Waals surface area contributed by atoms with Crippen LogP contribution in [0.5, 0.6) is 0 Å². The fourth-order valence-corrected chi connectivity index (χ4v) is 3.05. The molecule has 0 saturated heterocycles. The second-order valence-corrected chi connectivity index (χ2v) is 5.92. The Kier molecular flexibility index (Phi) is 3.38. The zero-order valence-corrected chi connectivity index (χ0v) is 12.6. The molecule has 2 aromatic rings. The van der Waals surface area contributed by atoms with Gasteiger partial charge in [-0.15, -0.1) is 0 Å². The van der Waals surface area contributed by atoms with E-state index >= 15 is 0 Å². The molecule has 3 rings (SSSR count). The average Bonchev–Trinajstić information content (AvgIpc) is 2.80. The van der Waals surface area contributed by atoms with E-state index in [0.717, 1.165) is 16.6 Å². The Morgan fingerprint density at radius 2 is 2.20 bits per heavy atom. The number of hydrogen-bond donors (Lipinski definition) is 1. The number of carbonyl (C=O) groups is 1.